The molecule has 0 aliphatic carbocycles. The lowest BCUT2D eigenvalue weighted by atomic mass is 9.93. The predicted molar refractivity (Wildman–Crippen MR) is 119 cm³/mol. The lowest BCUT2D eigenvalue weighted by molar-refractivity contribution is -0.121. The quantitative estimate of drug-likeness (QED) is 0.350. The Bertz CT molecular complexity index is 604. The van der Waals surface area contributed by atoms with Crippen molar-refractivity contribution in [2.24, 2.45) is 10.9 Å². The third kappa shape index (κ3) is 7.90. The van der Waals surface area contributed by atoms with Gasteiger partial charge in [-0.05, 0) is 44.2 Å². The Morgan fingerprint density at radius 2 is 2.11 bits per heavy atom. The van der Waals surface area contributed by atoms with Gasteiger partial charge in [-0.25, -0.2) is 9.98 Å². The molecule has 1 fully saturated rings. The van der Waals surface area contributed by atoms with Crippen molar-refractivity contribution in [2.75, 3.05) is 33.3 Å². The number of hydrogen-bond donors (Lipinski definition) is 2. The lowest BCUT2D eigenvalue weighted by Gasteiger charge is -2.34. The molecule has 8 heteroatoms. The molecule has 2 rings (SSSR count). The van der Waals surface area contributed by atoms with Crippen molar-refractivity contribution in [3.63, 3.8) is 0 Å². The third-order valence-corrected chi connectivity index (χ3v) is 4.50. The molecule has 152 valence electrons. The van der Waals surface area contributed by atoms with Crippen molar-refractivity contribution in [3.05, 3.63) is 23.9 Å². The van der Waals surface area contributed by atoms with Gasteiger partial charge in [0.1, 0.15) is 0 Å². The van der Waals surface area contributed by atoms with Crippen LogP contribution in [0.5, 0.6) is 5.88 Å². The highest BCUT2D eigenvalue weighted by molar-refractivity contribution is 14.0. The number of piperidine rings is 1. The van der Waals surface area contributed by atoms with E-state index in [2.05, 4.69) is 27.4 Å². The van der Waals surface area contributed by atoms with Gasteiger partial charge >= 0.3 is 0 Å². The average molecular weight is 489 g/mol. The summed E-state index contributed by atoms with van der Waals surface area (Å²) in [4.78, 5) is 22.8. The zero-order valence-corrected chi connectivity index (χ0v) is 18.9. The Balaban J connectivity index is 0.00000364. The van der Waals surface area contributed by atoms with E-state index in [4.69, 9.17) is 9.73 Å². The normalized spacial score (nSPS) is 15.1. The highest BCUT2D eigenvalue weighted by Crippen LogP contribution is 2.20. The minimum atomic E-state index is 0. The summed E-state index contributed by atoms with van der Waals surface area (Å²) in [6, 6.07) is 3.90. The third-order valence-electron chi connectivity index (χ3n) is 4.50. The first-order valence-electron chi connectivity index (χ1n) is 9.47. The van der Waals surface area contributed by atoms with E-state index in [9.17, 15) is 4.79 Å². The van der Waals surface area contributed by atoms with E-state index in [0.29, 0.717) is 31.4 Å². The number of ether oxygens (including phenoxy) is 1. The summed E-state index contributed by atoms with van der Waals surface area (Å²) in [5.74, 6) is 2.16. The Kier molecular flexibility index (Phi) is 11.1. The SMILES string of the molecule is CCNC(=NCc1ccnc(OCC)c1)N1CCC(CC(=O)NC)CC1.I. The van der Waals surface area contributed by atoms with Crippen molar-refractivity contribution in [1.29, 1.82) is 0 Å². The largest absolute Gasteiger partial charge is 0.478 e. The number of guanidine groups is 1. The maximum absolute atomic E-state index is 11.6. The molecule has 0 aromatic carbocycles. The number of aliphatic imine (C=N–C) groups is 1. The van der Waals surface area contributed by atoms with Crippen molar-refractivity contribution >= 4 is 35.8 Å². The number of likely N-dealkylation sites (tertiary alicyclic amines) is 1. The summed E-state index contributed by atoms with van der Waals surface area (Å²) in [7, 11) is 1.70. The van der Waals surface area contributed by atoms with E-state index in [-0.39, 0.29) is 29.9 Å². The van der Waals surface area contributed by atoms with Gasteiger partial charge in [-0.1, -0.05) is 0 Å². The van der Waals surface area contributed by atoms with Gasteiger partial charge in [0.15, 0.2) is 5.96 Å². The molecular weight excluding hydrogens is 457 g/mol. The zero-order chi connectivity index (χ0) is 18.8. The van der Waals surface area contributed by atoms with Crippen molar-refractivity contribution in [1.82, 2.24) is 20.5 Å². The lowest BCUT2D eigenvalue weighted by Crippen LogP contribution is -2.46. The van der Waals surface area contributed by atoms with Gasteiger partial charge in [0.05, 0.1) is 13.2 Å². The molecule has 0 spiro atoms. The van der Waals surface area contributed by atoms with Gasteiger partial charge in [-0.3, -0.25) is 4.79 Å². The van der Waals surface area contributed by atoms with Crippen LogP contribution >= 0.6 is 24.0 Å². The van der Waals surface area contributed by atoms with Crippen LogP contribution in [0.4, 0.5) is 0 Å². The first-order valence-corrected chi connectivity index (χ1v) is 9.47. The first kappa shape index (κ1) is 23.5. The van der Waals surface area contributed by atoms with Crippen LogP contribution in [-0.4, -0.2) is 55.0 Å². The van der Waals surface area contributed by atoms with E-state index >= 15 is 0 Å². The molecule has 0 bridgehead atoms. The molecular formula is C19H32IN5O2. The van der Waals surface area contributed by atoms with E-state index in [1.54, 1.807) is 13.2 Å². The summed E-state index contributed by atoms with van der Waals surface area (Å²) in [5, 5.41) is 6.09. The Morgan fingerprint density at radius 1 is 1.37 bits per heavy atom. The fourth-order valence-corrected chi connectivity index (χ4v) is 3.08. The van der Waals surface area contributed by atoms with Crippen molar-refractivity contribution in [3.8, 4) is 5.88 Å². The molecule has 27 heavy (non-hydrogen) atoms. The van der Waals surface area contributed by atoms with E-state index in [1.165, 1.54) is 0 Å². The van der Waals surface area contributed by atoms with E-state index in [0.717, 1.165) is 44.0 Å². The second-order valence-corrected chi connectivity index (χ2v) is 6.41. The Labute approximate surface area is 179 Å². The second kappa shape index (κ2) is 12.7. The van der Waals surface area contributed by atoms with E-state index < -0.39 is 0 Å². The predicted octanol–water partition coefficient (Wildman–Crippen LogP) is 2.41. The Hall–Kier alpha value is -1.58. The van der Waals surface area contributed by atoms with Crippen LogP contribution in [-0.2, 0) is 11.3 Å². The van der Waals surface area contributed by atoms with Gasteiger partial charge in [0.25, 0.3) is 0 Å². The highest BCUT2D eigenvalue weighted by Gasteiger charge is 2.23. The summed E-state index contributed by atoms with van der Waals surface area (Å²) in [5.41, 5.74) is 1.08. The first-order chi connectivity index (χ1) is 12.7. The maximum atomic E-state index is 11.6. The number of halogens is 1. The summed E-state index contributed by atoms with van der Waals surface area (Å²) < 4.78 is 5.45. The molecule has 1 amide bonds. The van der Waals surface area contributed by atoms with Crippen LogP contribution in [0.2, 0.25) is 0 Å². The smallest absolute Gasteiger partial charge is 0.220 e. The highest BCUT2D eigenvalue weighted by atomic mass is 127. The van der Waals surface area contributed by atoms with Gasteiger partial charge in [0.2, 0.25) is 11.8 Å². The molecule has 1 saturated heterocycles. The zero-order valence-electron chi connectivity index (χ0n) is 16.5. The molecule has 7 nitrogen and oxygen atoms in total. The van der Waals surface area contributed by atoms with Crippen LogP contribution in [0, 0.1) is 5.92 Å². The molecule has 0 atom stereocenters. The summed E-state index contributed by atoms with van der Waals surface area (Å²) in [6.45, 7) is 7.90. The number of pyridine rings is 1. The van der Waals surface area contributed by atoms with Crippen molar-refractivity contribution in [2.45, 2.75) is 39.7 Å². The van der Waals surface area contributed by atoms with Crippen LogP contribution < -0.4 is 15.4 Å². The fraction of sp³-hybridized carbons (Fsp3) is 0.632. The molecule has 0 unspecified atom stereocenters. The molecule has 2 heterocycles. The van der Waals surface area contributed by atoms with Crippen molar-refractivity contribution < 1.29 is 9.53 Å². The van der Waals surface area contributed by atoms with Gasteiger partial charge in [0, 0.05) is 45.4 Å². The number of nitrogens with zero attached hydrogens (tertiary/aromatic N) is 3. The molecule has 1 aliphatic rings. The number of aromatic nitrogens is 1. The van der Waals surface area contributed by atoms with Crippen LogP contribution in [0.15, 0.2) is 23.3 Å². The number of rotatable bonds is 7. The van der Waals surface area contributed by atoms with E-state index in [1.807, 2.05) is 19.1 Å². The fourth-order valence-electron chi connectivity index (χ4n) is 3.08. The van der Waals surface area contributed by atoms with Gasteiger partial charge in [-0.15, -0.1) is 24.0 Å². The maximum Gasteiger partial charge on any atom is 0.220 e. The minimum Gasteiger partial charge on any atom is -0.478 e. The molecule has 1 aromatic heterocycles. The topological polar surface area (TPSA) is 78.9 Å². The minimum absolute atomic E-state index is 0. The molecule has 1 aliphatic heterocycles. The van der Waals surface area contributed by atoms with Crippen LogP contribution in [0.25, 0.3) is 0 Å². The standard InChI is InChI=1S/C19H31N5O2.HI/c1-4-21-19(23-14-16-6-9-22-18(13-16)26-5-2)24-10-7-15(8-11-24)12-17(25)20-3;/h6,9,13,15H,4-5,7-8,10-12,14H2,1-3H3,(H,20,25)(H,21,23);1H. The van der Waals surface area contributed by atoms with Crippen LogP contribution in [0.1, 0.15) is 38.7 Å². The number of carbonyl (C=O) groups excluding carboxylic acids is 1. The monoisotopic (exact) mass is 489 g/mol. The molecule has 0 radical (unpaired) electrons. The number of nitrogens with one attached hydrogen (secondary N) is 2. The summed E-state index contributed by atoms with van der Waals surface area (Å²) >= 11 is 0. The molecule has 1 aromatic rings. The number of amides is 1. The van der Waals surface area contributed by atoms with Gasteiger partial charge in [-0.2, -0.15) is 0 Å². The van der Waals surface area contributed by atoms with Crippen LogP contribution in [0.3, 0.4) is 0 Å². The average Bonchev–Trinajstić information content (AvgIpc) is 2.66. The van der Waals surface area contributed by atoms with Gasteiger partial charge < -0.3 is 20.3 Å². The second-order valence-electron chi connectivity index (χ2n) is 6.41. The molecule has 2 N–H and O–H groups in total. The summed E-state index contributed by atoms with van der Waals surface area (Å²) in [6.07, 6.45) is 4.41. The Morgan fingerprint density at radius 3 is 2.74 bits per heavy atom. The number of hydrogen-bond acceptors (Lipinski definition) is 4. The number of carbonyl (C=O) groups is 1. The molecule has 0 saturated carbocycles.